The lowest BCUT2D eigenvalue weighted by atomic mass is 9.68. The number of hydrogen-bond acceptors (Lipinski definition) is 1. The Labute approximate surface area is 109 Å². The quantitative estimate of drug-likeness (QED) is 0.873. The molecule has 98 valence electrons. The zero-order valence-electron chi connectivity index (χ0n) is 11.1. The van der Waals surface area contributed by atoms with Crippen molar-refractivity contribution < 1.29 is 9.90 Å². The summed E-state index contributed by atoms with van der Waals surface area (Å²) in [7, 11) is 0. The molecule has 0 aliphatic heterocycles. The van der Waals surface area contributed by atoms with Gasteiger partial charge in [-0.3, -0.25) is 4.79 Å². The molecule has 0 spiro atoms. The fourth-order valence-electron chi connectivity index (χ4n) is 3.18. The minimum Gasteiger partial charge on any atom is -0.481 e. The van der Waals surface area contributed by atoms with Crippen molar-refractivity contribution >= 4 is 5.97 Å². The third-order valence-electron chi connectivity index (χ3n) is 4.14. The molecule has 1 aliphatic rings. The van der Waals surface area contributed by atoms with E-state index in [9.17, 15) is 4.79 Å². The van der Waals surface area contributed by atoms with Gasteiger partial charge in [-0.15, -0.1) is 0 Å². The van der Waals surface area contributed by atoms with Crippen molar-refractivity contribution in [3.05, 3.63) is 35.4 Å². The molecule has 1 fully saturated rings. The Morgan fingerprint density at radius 2 is 1.78 bits per heavy atom. The largest absolute Gasteiger partial charge is 0.481 e. The molecule has 1 aliphatic carbocycles. The van der Waals surface area contributed by atoms with Crippen LogP contribution in [-0.2, 0) is 11.2 Å². The maximum atomic E-state index is 11.1. The van der Waals surface area contributed by atoms with Crippen LogP contribution in [0.3, 0.4) is 0 Å². The SMILES string of the molecule is Cc1ccc(CC2(CC(=O)O)CCCCC2)cc1. The number of benzene rings is 1. The van der Waals surface area contributed by atoms with Crippen LogP contribution in [0.1, 0.15) is 49.7 Å². The van der Waals surface area contributed by atoms with E-state index in [-0.39, 0.29) is 5.41 Å². The molecule has 1 saturated carbocycles. The highest BCUT2D eigenvalue weighted by molar-refractivity contribution is 5.67. The van der Waals surface area contributed by atoms with Gasteiger partial charge in [-0.25, -0.2) is 0 Å². The molecule has 1 aromatic rings. The Morgan fingerprint density at radius 1 is 1.17 bits per heavy atom. The molecule has 0 bridgehead atoms. The van der Waals surface area contributed by atoms with Gasteiger partial charge in [0.25, 0.3) is 0 Å². The topological polar surface area (TPSA) is 37.3 Å². The predicted octanol–water partition coefficient (Wildman–Crippen LogP) is 3.96. The molecule has 0 unspecified atom stereocenters. The van der Waals surface area contributed by atoms with Crippen molar-refractivity contribution in [3.8, 4) is 0 Å². The van der Waals surface area contributed by atoms with Crippen LogP contribution in [-0.4, -0.2) is 11.1 Å². The average molecular weight is 246 g/mol. The van der Waals surface area contributed by atoms with Gasteiger partial charge in [-0.2, -0.15) is 0 Å². The first-order chi connectivity index (χ1) is 8.60. The van der Waals surface area contributed by atoms with Crippen LogP contribution >= 0.6 is 0 Å². The van der Waals surface area contributed by atoms with E-state index in [1.807, 2.05) is 0 Å². The Balaban J connectivity index is 2.13. The summed E-state index contributed by atoms with van der Waals surface area (Å²) >= 11 is 0. The second-order valence-electron chi connectivity index (χ2n) is 5.79. The average Bonchev–Trinajstić information content (AvgIpc) is 2.32. The van der Waals surface area contributed by atoms with E-state index in [0.29, 0.717) is 6.42 Å². The van der Waals surface area contributed by atoms with Crippen molar-refractivity contribution in [2.24, 2.45) is 5.41 Å². The zero-order chi connectivity index (χ0) is 13.0. The fraction of sp³-hybridized carbons (Fsp3) is 0.562. The first-order valence-corrected chi connectivity index (χ1v) is 6.87. The van der Waals surface area contributed by atoms with Gasteiger partial charge < -0.3 is 5.11 Å². The number of aryl methyl sites for hydroxylation is 1. The number of rotatable bonds is 4. The Morgan fingerprint density at radius 3 is 2.33 bits per heavy atom. The van der Waals surface area contributed by atoms with Crippen LogP contribution in [0.5, 0.6) is 0 Å². The highest BCUT2D eigenvalue weighted by atomic mass is 16.4. The molecule has 18 heavy (non-hydrogen) atoms. The van der Waals surface area contributed by atoms with Crippen molar-refractivity contribution in [2.75, 3.05) is 0 Å². The monoisotopic (exact) mass is 246 g/mol. The summed E-state index contributed by atoms with van der Waals surface area (Å²) in [6.45, 7) is 2.08. The van der Waals surface area contributed by atoms with Gasteiger partial charge in [0, 0.05) is 0 Å². The van der Waals surface area contributed by atoms with Crippen LogP contribution in [0.4, 0.5) is 0 Å². The van der Waals surface area contributed by atoms with Crippen LogP contribution in [0.15, 0.2) is 24.3 Å². The number of carboxylic acids is 1. The Hall–Kier alpha value is -1.31. The van der Waals surface area contributed by atoms with Crippen LogP contribution < -0.4 is 0 Å². The normalized spacial score (nSPS) is 18.5. The first kappa shape index (κ1) is 13.1. The van der Waals surface area contributed by atoms with Gasteiger partial charge >= 0.3 is 5.97 Å². The standard InChI is InChI=1S/C16H22O2/c1-13-5-7-14(8-6-13)11-16(12-15(17)18)9-3-2-4-10-16/h5-8H,2-4,9-12H2,1H3,(H,17,18). The summed E-state index contributed by atoms with van der Waals surface area (Å²) in [5, 5.41) is 9.15. The van der Waals surface area contributed by atoms with Gasteiger partial charge in [0.15, 0.2) is 0 Å². The summed E-state index contributed by atoms with van der Waals surface area (Å²) in [4.78, 5) is 11.1. The van der Waals surface area contributed by atoms with Gasteiger partial charge in [-0.05, 0) is 37.2 Å². The van der Waals surface area contributed by atoms with Crippen LogP contribution in [0, 0.1) is 12.3 Å². The minimum absolute atomic E-state index is 0.000653. The van der Waals surface area contributed by atoms with E-state index in [4.69, 9.17) is 5.11 Å². The summed E-state index contributed by atoms with van der Waals surface area (Å²) in [6.07, 6.45) is 6.98. The van der Waals surface area contributed by atoms with E-state index in [1.54, 1.807) is 0 Å². The maximum Gasteiger partial charge on any atom is 0.303 e. The highest BCUT2D eigenvalue weighted by Gasteiger charge is 2.34. The van der Waals surface area contributed by atoms with Gasteiger partial charge in [-0.1, -0.05) is 49.1 Å². The second-order valence-corrected chi connectivity index (χ2v) is 5.79. The number of carbonyl (C=O) groups is 1. The van der Waals surface area contributed by atoms with Crippen molar-refractivity contribution in [3.63, 3.8) is 0 Å². The van der Waals surface area contributed by atoms with E-state index in [0.717, 1.165) is 19.3 Å². The molecule has 2 nitrogen and oxygen atoms in total. The number of hydrogen-bond donors (Lipinski definition) is 1. The second kappa shape index (κ2) is 5.55. The van der Waals surface area contributed by atoms with E-state index in [1.165, 1.54) is 30.4 Å². The zero-order valence-corrected chi connectivity index (χ0v) is 11.1. The maximum absolute atomic E-state index is 11.1. The smallest absolute Gasteiger partial charge is 0.303 e. The fourth-order valence-corrected chi connectivity index (χ4v) is 3.18. The highest BCUT2D eigenvalue weighted by Crippen LogP contribution is 2.42. The van der Waals surface area contributed by atoms with E-state index >= 15 is 0 Å². The lowest BCUT2D eigenvalue weighted by Gasteiger charge is -2.36. The number of carboxylic acid groups (broad SMARTS) is 1. The molecular formula is C16H22O2. The summed E-state index contributed by atoms with van der Waals surface area (Å²) in [5.41, 5.74) is 2.54. The van der Waals surface area contributed by atoms with Gasteiger partial charge in [0.05, 0.1) is 6.42 Å². The van der Waals surface area contributed by atoms with Crippen molar-refractivity contribution in [2.45, 2.75) is 51.9 Å². The predicted molar refractivity (Wildman–Crippen MR) is 72.7 cm³/mol. The van der Waals surface area contributed by atoms with Gasteiger partial charge in [0.1, 0.15) is 0 Å². The lowest BCUT2D eigenvalue weighted by Crippen LogP contribution is -2.29. The molecule has 2 rings (SSSR count). The first-order valence-electron chi connectivity index (χ1n) is 6.87. The van der Waals surface area contributed by atoms with Gasteiger partial charge in [0.2, 0.25) is 0 Å². The molecule has 0 saturated heterocycles. The summed E-state index contributed by atoms with van der Waals surface area (Å²) < 4.78 is 0. The van der Waals surface area contributed by atoms with E-state index < -0.39 is 5.97 Å². The molecule has 0 amide bonds. The third-order valence-corrected chi connectivity index (χ3v) is 4.14. The lowest BCUT2D eigenvalue weighted by molar-refractivity contribution is -0.140. The van der Waals surface area contributed by atoms with Crippen LogP contribution in [0.25, 0.3) is 0 Å². The van der Waals surface area contributed by atoms with E-state index in [2.05, 4.69) is 31.2 Å². The number of aliphatic carboxylic acids is 1. The molecule has 1 N–H and O–H groups in total. The Kier molecular flexibility index (Phi) is 4.05. The molecule has 2 heteroatoms. The molecule has 1 aromatic carbocycles. The molecule has 0 heterocycles. The van der Waals surface area contributed by atoms with Crippen molar-refractivity contribution in [1.82, 2.24) is 0 Å². The van der Waals surface area contributed by atoms with Crippen molar-refractivity contribution in [1.29, 1.82) is 0 Å². The molecule has 0 aromatic heterocycles. The molecule has 0 radical (unpaired) electrons. The van der Waals surface area contributed by atoms with Crippen LogP contribution in [0.2, 0.25) is 0 Å². The summed E-state index contributed by atoms with van der Waals surface area (Å²) in [5.74, 6) is -0.649. The molecular weight excluding hydrogens is 224 g/mol. The Bertz CT molecular complexity index is 400. The summed E-state index contributed by atoms with van der Waals surface area (Å²) in [6, 6.07) is 8.53. The minimum atomic E-state index is -0.649. The molecule has 0 atom stereocenters. The third kappa shape index (κ3) is 3.34.